The molecule has 8 heteroatoms. The van der Waals surface area contributed by atoms with E-state index in [4.69, 9.17) is 10.5 Å². The van der Waals surface area contributed by atoms with E-state index in [0.29, 0.717) is 0 Å². The molecule has 0 spiro atoms. The summed E-state index contributed by atoms with van der Waals surface area (Å²) >= 11 is 0. The van der Waals surface area contributed by atoms with Gasteiger partial charge in [0.2, 0.25) is 0 Å². The predicted octanol–water partition coefficient (Wildman–Crippen LogP) is -1.58. The molecule has 0 amide bonds. The third kappa shape index (κ3) is 2.12. The van der Waals surface area contributed by atoms with Crippen molar-refractivity contribution in [2.24, 2.45) is 10.7 Å². The van der Waals surface area contributed by atoms with E-state index < -0.39 is 36.5 Å². The van der Waals surface area contributed by atoms with Crippen LogP contribution in [0.15, 0.2) is 29.7 Å². The van der Waals surface area contributed by atoms with Crippen molar-refractivity contribution in [2.45, 2.75) is 24.0 Å². The highest BCUT2D eigenvalue weighted by Gasteiger charge is 2.54. The van der Waals surface area contributed by atoms with Gasteiger partial charge < -0.3 is 30.7 Å². The first-order valence-corrected chi connectivity index (χ1v) is 5.67. The Balaban J connectivity index is 2.22. The number of amidine groups is 1. The van der Waals surface area contributed by atoms with Crippen LogP contribution in [0.3, 0.4) is 0 Å². The van der Waals surface area contributed by atoms with Crippen LogP contribution in [0.4, 0.5) is 4.39 Å². The molecule has 2 aliphatic heterocycles. The Bertz CT molecular complexity index is 442. The van der Waals surface area contributed by atoms with Gasteiger partial charge in [-0.3, -0.25) is 0 Å². The first kappa shape index (κ1) is 13.9. The number of rotatable bonds is 3. The normalized spacial score (nSPS) is 38.9. The summed E-state index contributed by atoms with van der Waals surface area (Å²) in [5, 5.41) is 29.2. The van der Waals surface area contributed by atoms with Gasteiger partial charge in [-0.1, -0.05) is 6.08 Å². The fraction of sp³-hybridized carbons (Fsp3) is 0.545. The molecule has 2 rings (SSSR count). The van der Waals surface area contributed by atoms with Gasteiger partial charge in [0.1, 0.15) is 24.5 Å². The number of aliphatic hydroxyl groups is 3. The van der Waals surface area contributed by atoms with Gasteiger partial charge in [-0.25, -0.2) is 9.38 Å². The third-order valence-corrected chi connectivity index (χ3v) is 3.30. The van der Waals surface area contributed by atoms with E-state index in [2.05, 4.69) is 11.6 Å². The highest BCUT2D eigenvalue weighted by Crippen LogP contribution is 2.34. The third-order valence-electron chi connectivity index (χ3n) is 3.30. The Kier molecular flexibility index (Phi) is 3.59. The van der Waals surface area contributed by atoms with Crippen LogP contribution in [-0.4, -0.2) is 63.4 Å². The quantitative estimate of drug-likeness (QED) is 0.462. The smallest absolute Gasteiger partial charge is 0.180 e. The summed E-state index contributed by atoms with van der Waals surface area (Å²) in [6.07, 6.45) is -1.52. The lowest BCUT2D eigenvalue weighted by molar-refractivity contribution is -0.114. The summed E-state index contributed by atoms with van der Waals surface area (Å²) in [4.78, 5) is 4.96. The van der Waals surface area contributed by atoms with Crippen molar-refractivity contribution in [1.82, 2.24) is 4.90 Å². The van der Waals surface area contributed by atoms with Crippen molar-refractivity contribution in [1.29, 1.82) is 0 Å². The topological polar surface area (TPSA) is 112 Å². The van der Waals surface area contributed by atoms with Crippen LogP contribution in [0.5, 0.6) is 0 Å². The SMILES string of the molecule is C=C[C@]1(CO)O[C@@H](N2C=C(F)C(N)=NC2)[C@@H](O)[C@@H]1O. The van der Waals surface area contributed by atoms with Gasteiger partial charge in [-0.2, -0.15) is 0 Å². The average Bonchev–Trinajstić information content (AvgIpc) is 2.67. The lowest BCUT2D eigenvalue weighted by atomic mass is 9.96. The number of hydrogen-bond donors (Lipinski definition) is 4. The van der Waals surface area contributed by atoms with Gasteiger partial charge in [-0.15, -0.1) is 6.58 Å². The summed E-state index contributed by atoms with van der Waals surface area (Å²) in [5.74, 6) is -0.988. The highest BCUT2D eigenvalue weighted by molar-refractivity contribution is 5.95. The Hall–Kier alpha value is -1.48. The summed E-state index contributed by atoms with van der Waals surface area (Å²) < 4.78 is 18.8. The zero-order chi connectivity index (χ0) is 14.2. The standard InChI is InChI=1S/C11H16FN3O4/c1-2-11(4-16)8(18)7(17)10(19-11)15-3-6(12)9(13)14-5-15/h2-3,7-8,10,16-18H,1,4-5H2,(H2,13,14)/t7-,8-,10+,11+/m0/s1. The zero-order valence-corrected chi connectivity index (χ0v) is 10.1. The molecule has 0 saturated carbocycles. The minimum absolute atomic E-state index is 0.0215. The molecular formula is C11H16FN3O4. The van der Waals surface area contributed by atoms with Crippen molar-refractivity contribution >= 4 is 5.84 Å². The van der Waals surface area contributed by atoms with E-state index >= 15 is 0 Å². The second-order valence-electron chi connectivity index (χ2n) is 4.44. The Labute approximate surface area is 109 Å². The van der Waals surface area contributed by atoms with E-state index in [-0.39, 0.29) is 12.5 Å². The van der Waals surface area contributed by atoms with E-state index in [9.17, 15) is 19.7 Å². The van der Waals surface area contributed by atoms with Crippen molar-refractivity contribution in [3.05, 3.63) is 24.7 Å². The summed E-state index contributed by atoms with van der Waals surface area (Å²) in [6.45, 7) is 2.89. The number of ether oxygens (including phenoxy) is 1. The molecule has 0 aliphatic carbocycles. The van der Waals surface area contributed by atoms with Gasteiger partial charge in [-0.05, 0) is 0 Å². The van der Waals surface area contributed by atoms with Crippen LogP contribution >= 0.6 is 0 Å². The minimum atomic E-state index is -1.49. The maximum absolute atomic E-state index is 13.4. The van der Waals surface area contributed by atoms with Gasteiger partial charge in [0.15, 0.2) is 17.9 Å². The van der Waals surface area contributed by atoms with Crippen LogP contribution in [0.25, 0.3) is 0 Å². The molecular weight excluding hydrogens is 257 g/mol. The van der Waals surface area contributed by atoms with E-state index in [0.717, 1.165) is 6.20 Å². The van der Waals surface area contributed by atoms with Crippen molar-refractivity contribution in [2.75, 3.05) is 13.3 Å². The van der Waals surface area contributed by atoms with Gasteiger partial charge in [0, 0.05) is 6.20 Å². The Morgan fingerprint density at radius 2 is 2.37 bits per heavy atom. The Morgan fingerprint density at radius 1 is 1.68 bits per heavy atom. The van der Waals surface area contributed by atoms with Crippen LogP contribution in [0, 0.1) is 0 Å². The van der Waals surface area contributed by atoms with Crippen LogP contribution in [-0.2, 0) is 4.74 Å². The fourth-order valence-corrected chi connectivity index (χ4v) is 2.08. The maximum atomic E-state index is 13.4. The lowest BCUT2D eigenvalue weighted by Gasteiger charge is -2.30. The second-order valence-corrected chi connectivity index (χ2v) is 4.44. The first-order valence-electron chi connectivity index (χ1n) is 5.67. The molecule has 1 saturated heterocycles. The van der Waals surface area contributed by atoms with E-state index in [1.54, 1.807) is 0 Å². The van der Waals surface area contributed by atoms with Crippen molar-refractivity contribution < 1.29 is 24.4 Å². The molecule has 0 unspecified atom stereocenters. The summed E-state index contributed by atoms with van der Waals surface area (Å²) in [7, 11) is 0. The van der Waals surface area contributed by atoms with E-state index in [1.165, 1.54) is 11.0 Å². The molecule has 0 aromatic rings. The largest absolute Gasteiger partial charge is 0.393 e. The van der Waals surface area contributed by atoms with Gasteiger partial charge in [0.05, 0.1) is 6.61 Å². The Morgan fingerprint density at radius 3 is 2.84 bits per heavy atom. The first-order chi connectivity index (χ1) is 8.95. The molecule has 4 atom stereocenters. The van der Waals surface area contributed by atoms with Crippen molar-refractivity contribution in [3.8, 4) is 0 Å². The van der Waals surface area contributed by atoms with Crippen LogP contribution < -0.4 is 5.73 Å². The number of nitrogens with two attached hydrogens (primary N) is 1. The van der Waals surface area contributed by atoms with E-state index in [1.807, 2.05) is 0 Å². The number of halogens is 1. The van der Waals surface area contributed by atoms with Crippen LogP contribution in [0.1, 0.15) is 0 Å². The monoisotopic (exact) mass is 273 g/mol. The highest BCUT2D eigenvalue weighted by atomic mass is 19.1. The molecule has 106 valence electrons. The molecule has 2 aliphatic rings. The number of nitrogens with zero attached hydrogens (tertiary/aromatic N) is 2. The molecule has 19 heavy (non-hydrogen) atoms. The van der Waals surface area contributed by atoms with Crippen LogP contribution in [0.2, 0.25) is 0 Å². The van der Waals surface area contributed by atoms with Gasteiger partial charge in [0.25, 0.3) is 0 Å². The number of hydrogen-bond acceptors (Lipinski definition) is 7. The molecule has 5 N–H and O–H groups in total. The fourth-order valence-electron chi connectivity index (χ4n) is 2.08. The summed E-state index contributed by atoms with van der Waals surface area (Å²) in [6, 6.07) is 0. The number of aliphatic hydroxyl groups excluding tert-OH is 3. The molecule has 2 heterocycles. The second kappa shape index (κ2) is 4.89. The summed E-state index contributed by atoms with van der Waals surface area (Å²) in [5.41, 5.74) is 3.79. The maximum Gasteiger partial charge on any atom is 0.180 e. The van der Waals surface area contributed by atoms with Crippen molar-refractivity contribution in [3.63, 3.8) is 0 Å². The zero-order valence-electron chi connectivity index (χ0n) is 10.1. The lowest BCUT2D eigenvalue weighted by Crippen LogP contribution is -2.45. The average molecular weight is 273 g/mol. The molecule has 0 bridgehead atoms. The molecule has 7 nitrogen and oxygen atoms in total. The number of aliphatic imine (C=N–C) groups is 1. The molecule has 0 aromatic heterocycles. The molecule has 1 fully saturated rings. The predicted molar refractivity (Wildman–Crippen MR) is 64.4 cm³/mol. The minimum Gasteiger partial charge on any atom is -0.393 e. The van der Waals surface area contributed by atoms with Gasteiger partial charge >= 0.3 is 0 Å². The molecule has 0 aromatic carbocycles. The molecule has 0 radical (unpaired) electrons.